The molecule has 0 spiro atoms. The number of benzene rings is 2. The van der Waals surface area contributed by atoms with Gasteiger partial charge in [0.25, 0.3) is 5.91 Å². The van der Waals surface area contributed by atoms with E-state index in [0.29, 0.717) is 11.4 Å². The molecule has 0 aliphatic carbocycles. The Bertz CT molecular complexity index is 843. The van der Waals surface area contributed by atoms with Crippen LogP contribution in [-0.4, -0.2) is 17.4 Å². The minimum atomic E-state index is -0.151. The highest BCUT2D eigenvalue weighted by atomic mass is 16.1. The number of hydrogen-bond acceptors (Lipinski definition) is 3. The van der Waals surface area contributed by atoms with Crippen molar-refractivity contribution < 1.29 is 4.79 Å². The van der Waals surface area contributed by atoms with Crippen molar-refractivity contribution in [1.82, 2.24) is 4.98 Å². The predicted molar refractivity (Wildman–Crippen MR) is 107 cm³/mol. The maximum absolute atomic E-state index is 12.3. The number of rotatable bonds is 6. The van der Waals surface area contributed by atoms with Crippen LogP contribution < -0.4 is 10.2 Å². The van der Waals surface area contributed by atoms with Crippen molar-refractivity contribution in [2.45, 2.75) is 20.4 Å². The largest absolute Gasteiger partial charge is 0.366 e. The Morgan fingerprint density at radius 2 is 1.73 bits per heavy atom. The van der Waals surface area contributed by atoms with Crippen LogP contribution in [0.2, 0.25) is 0 Å². The van der Waals surface area contributed by atoms with Gasteiger partial charge in [-0.2, -0.15) is 0 Å². The summed E-state index contributed by atoms with van der Waals surface area (Å²) in [7, 11) is 0. The van der Waals surface area contributed by atoms with Crippen LogP contribution >= 0.6 is 0 Å². The number of carbonyl (C=O) groups is 1. The summed E-state index contributed by atoms with van der Waals surface area (Å²) < 4.78 is 0. The predicted octanol–water partition coefficient (Wildman–Crippen LogP) is 4.67. The molecule has 4 nitrogen and oxygen atoms in total. The van der Waals surface area contributed by atoms with E-state index in [1.807, 2.05) is 61.5 Å². The zero-order chi connectivity index (χ0) is 18.4. The van der Waals surface area contributed by atoms with Gasteiger partial charge in [0, 0.05) is 18.7 Å². The quantitative estimate of drug-likeness (QED) is 0.706. The highest BCUT2D eigenvalue weighted by molar-refractivity contribution is 6.03. The van der Waals surface area contributed by atoms with Gasteiger partial charge in [-0.3, -0.25) is 4.79 Å². The normalized spacial score (nSPS) is 10.4. The number of hydrogen-bond donors (Lipinski definition) is 1. The van der Waals surface area contributed by atoms with Crippen molar-refractivity contribution in [3.8, 4) is 0 Å². The molecule has 0 aliphatic rings. The first-order chi connectivity index (χ1) is 12.7. The standard InChI is InChI=1S/C22H23N3O/c1-3-25(16-18-7-5-4-6-8-18)20-13-14-21(23-15-20)24-22(26)19-11-9-17(2)10-12-19/h4-15H,3,16H2,1-2H3,(H,23,24,26). The van der Waals surface area contributed by atoms with Crippen molar-refractivity contribution in [2.24, 2.45) is 0 Å². The Labute approximate surface area is 154 Å². The minimum absolute atomic E-state index is 0.151. The summed E-state index contributed by atoms with van der Waals surface area (Å²) in [5.74, 6) is 0.400. The maximum Gasteiger partial charge on any atom is 0.256 e. The van der Waals surface area contributed by atoms with Crippen LogP contribution in [0.3, 0.4) is 0 Å². The van der Waals surface area contributed by atoms with Gasteiger partial charge in [0.1, 0.15) is 5.82 Å². The Morgan fingerprint density at radius 1 is 1.00 bits per heavy atom. The third kappa shape index (κ3) is 4.48. The average molecular weight is 345 g/mol. The van der Waals surface area contributed by atoms with E-state index in [0.717, 1.165) is 24.3 Å². The van der Waals surface area contributed by atoms with E-state index in [9.17, 15) is 4.79 Å². The third-order valence-corrected chi connectivity index (χ3v) is 4.27. The first kappa shape index (κ1) is 17.7. The van der Waals surface area contributed by atoms with Gasteiger partial charge in [-0.25, -0.2) is 4.98 Å². The fraction of sp³-hybridized carbons (Fsp3) is 0.182. The number of pyridine rings is 1. The molecule has 0 radical (unpaired) electrons. The molecule has 0 bridgehead atoms. The van der Waals surface area contributed by atoms with Gasteiger partial charge < -0.3 is 10.2 Å². The Morgan fingerprint density at radius 3 is 2.35 bits per heavy atom. The van der Waals surface area contributed by atoms with E-state index in [2.05, 4.69) is 34.3 Å². The number of nitrogens with one attached hydrogen (secondary N) is 1. The molecular weight excluding hydrogens is 322 g/mol. The number of anilines is 2. The lowest BCUT2D eigenvalue weighted by Gasteiger charge is -2.23. The van der Waals surface area contributed by atoms with E-state index >= 15 is 0 Å². The molecule has 1 amide bonds. The van der Waals surface area contributed by atoms with Crippen molar-refractivity contribution >= 4 is 17.4 Å². The number of nitrogens with zero attached hydrogens (tertiary/aromatic N) is 2. The zero-order valence-electron chi connectivity index (χ0n) is 15.1. The molecule has 0 saturated carbocycles. The van der Waals surface area contributed by atoms with E-state index in [1.54, 1.807) is 6.20 Å². The van der Waals surface area contributed by atoms with E-state index in [1.165, 1.54) is 5.56 Å². The molecular formula is C22H23N3O. The average Bonchev–Trinajstić information content (AvgIpc) is 2.68. The molecule has 26 heavy (non-hydrogen) atoms. The third-order valence-electron chi connectivity index (χ3n) is 4.27. The number of carbonyl (C=O) groups excluding carboxylic acids is 1. The van der Waals surface area contributed by atoms with Gasteiger partial charge in [-0.15, -0.1) is 0 Å². The number of aryl methyl sites for hydroxylation is 1. The van der Waals surface area contributed by atoms with Crippen LogP contribution in [0.1, 0.15) is 28.4 Å². The Hall–Kier alpha value is -3.14. The monoisotopic (exact) mass is 345 g/mol. The molecule has 0 unspecified atom stereocenters. The fourth-order valence-corrected chi connectivity index (χ4v) is 2.73. The second-order valence-electron chi connectivity index (χ2n) is 6.22. The molecule has 1 heterocycles. The molecule has 3 rings (SSSR count). The lowest BCUT2D eigenvalue weighted by molar-refractivity contribution is 0.102. The van der Waals surface area contributed by atoms with Crippen molar-refractivity contribution in [2.75, 3.05) is 16.8 Å². The summed E-state index contributed by atoms with van der Waals surface area (Å²) in [5.41, 5.74) is 4.04. The molecule has 1 aromatic heterocycles. The fourth-order valence-electron chi connectivity index (χ4n) is 2.73. The van der Waals surface area contributed by atoms with E-state index in [4.69, 9.17) is 0 Å². The molecule has 0 aliphatic heterocycles. The smallest absolute Gasteiger partial charge is 0.256 e. The molecule has 0 fully saturated rings. The number of amides is 1. The van der Waals surface area contributed by atoms with Crippen LogP contribution in [0.25, 0.3) is 0 Å². The van der Waals surface area contributed by atoms with Gasteiger partial charge >= 0.3 is 0 Å². The molecule has 4 heteroatoms. The van der Waals surface area contributed by atoms with Crippen LogP contribution in [0.15, 0.2) is 72.9 Å². The lowest BCUT2D eigenvalue weighted by atomic mass is 10.1. The second kappa shape index (κ2) is 8.30. The van der Waals surface area contributed by atoms with Crippen LogP contribution in [0.4, 0.5) is 11.5 Å². The van der Waals surface area contributed by atoms with Crippen LogP contribution in [0.5, 0.6) is 0 Å². The first-order valence-corrected chi connectivity index (χ1v) is 8.78. The molecule has 0 atom stereocenters. The van der Waals surface area contributed by atoms with Gasteiger partial charge in [0.2, 0.25) is 0 Å². The summed E-state index contributed by atoms with van der Waals surface area (Å²) in [5, 5.41) is 2.84. The Kier molecular flexibility index (Phi) is 5.64. The molecule has 0 saturated heterocycles. The topological polar surface area (TPSA) is 45.2 Å². The molecule has 3 aromatic rings. The molecule has 132 valence electrons. The van der Waals surface area contributed by atoms with Crippen molar-refractivity contribution in [3.63, 3.8) is 0 Å². The van der Waals surface area contributed by atoms with E-state index < -0.39 is 0 Å². The van der Waals surface area contributed by atoms with E-state index in [-0.39, 0.29) is 5.91 Å². The highest BCUT2D eigenvalue weighted by Gasteiger charge is 2.09. The summed E-state index contributed by atoms with van der Waals surface area (Å²) in [6, 6.07) is 21.7. The minimum Gasteiger partial charge on any atom is -0.366 e. The van der Waals surface area contributed by atoms with Crippen molar-refractivity contribution in [1.29, 1.82) is 0 Å². The zero-order valence-corrected chi connectivity index (χ0v) is 15.1. The second-order valence-corrected chi connectivity index (χ2v) is 6.22. The highest BCUT2D eigenvalue weighted by Crippen LogP contribution is 2.18. The lowest BCUT2D eigenvalue weighted by Crippen LogP contribution is -2.22. The maximum atomic E-state index is 12.3. The molecule has 1 N–H and O–H groups in total. The Balaban J connectivity index is 1.67. The van der Waals surface area contributed by atoms with Gasteiger partial charge in [-0.1, -0.05) is 48.0 Å². The van der Waals surface area contributed by atoms with Gasteiger partial charge in [0.15, 0.2) is 0 Å². The molecule has 2 aromatic carbocycles. The van der Waals surface area contributed by atoms with Gasteiger partial charge in [-0.05, 0) is 43.7 Å². The SMILES string of the molecule is CCN(Cc1ccccc1)c1ccc(NC(=O)c2ccc(C)cc2)nc1. The first-order valence-electron chi connectivity index (χ1n) is 8.78. The van der Waals surface area contributed by atoms with Crippen LogP contribution in [0, 0.1) is 6.92 Å². The number of aromatic nitrogens is 1. The summed E-state index contributed by atoms with van der Waals surface area (Å²) in [6.45, 7) is 5.83. The van der Waals surface area contributed by atoms with Crippen LogP contribution in [-0.2, 0) is 6.54 Å². The summed E-state index contributed by atoms with van der Waals surface area (Å²) >= 11 is 0. The summed E-state index contributed by atoms with van der Waals surface area (Å²) in [6.07, 6.45) is 1.80. The summed E-state index contributed by atoms with van der Waals surface area (Å²) in [4.78, 5) is 18.9. The van der Waals surface area contributed by atoms with Crippen molar-refractivity contribution in [3.05, 3.63) is 89.6 Å². The van der Waals surface area contributed by atoms with Gasteiger partial charge in [0.05, 0.1) is 11.9 Å².